The number of anilines is 1. The third-order valence-corrected chi connectivity index (χ3v) is 5.29. The number of para-hydroxylation sites is 1. The van der Waals surface area contributed by atoms with Gasteiger partial charge in [-0.05, 0) is 65.2 Å². The Hall–Kier alpha value is -2.56. The van der Waals surface area contributed by atoms with E-state index in [1.165, 1.54) is 6.42 Å². The highest BCUT2D eigenvalue weighted by Gasteiger charge is 2.23. The Morgan fingerprint density at radius 3 is 2.30 bits per heavy atom. The summed E-state index contributed by atoms with van der Waals surface area (Å²) in [4.78, 5) is 27.7. The number of amides is 2. The Balaban J connectivity index is 1.85. The highest BCUT2D eigenvalue weighted by Crippen LogP contribution is 2.24. The standard InChI is InChI=1S/C22H29N3O2/c1-15(2)25-16(3)14-19(17(25)4)21(26)23-20-11-7-6-10-18(20)22(27)24-12-8-5-9-13-24/h6-7,10-11,14-15H,5,8-9,12-13H2,1-4H3,(H,23,26). The zero-order valence-corrected chi connectivity index (χ0v) is 16.7. The molecule has 0 atom stereocenters. The molecule has 144 valence electrons. The van der Waals surface area contributed by atoms with Crippen LogP contribution in [-0.2, 0) is 0 Å². The first kappa shape index (κ1) is 19.2. The number of aromatic nitrogens is 1. The third kappa shape index (κ3) is 3.92. The van der Waals surface area contributed by atoms with Crippen LogP contribution in [0, 0.1) is 13.8 Å². The molecule has 0 bridgehead atoms. The van der Waals surface area contributed by atoms with Crippen LogP contribution in [0.15, 0.2) is 30.3 Å². The van der Waals surface area contributed by atoms with Gasteiger partial charge in [0.05, 0.1) is 16.8 Å². The molecule has 0 spiro atoms. The Kier molecular flexibility index (Phi) is 5.68. The number of nitrogens with one attached hydrogen (secondary N) is 1. The average molecular weight is 367 g/mol. The van der Waals surface area contributed by atoms with Crippen LogP contribution in [0.3, 0.4) is 0 Å². The van der Waals surface area contributed by atoms with Crippen molar-refractivity contribution in [1.82, 2.24) is 9.47 Å². The Morgan fingerprint density at radius 1 is 1.00 bits per heavy atom. The molecule has 27 heavy (non-hydrogen) atoms. The van der Waals surface area contributed by atoms with Gasteiger partial charge in [-0.3, -0.25) is 9.59 Å². The van der Waals surface area contributed by atoms with Gasteiger partial charge in [-0.25, -0.2) is 0 Å². The molecule has 1 aromatic carbocycles. The lowest BCUT2D eigenvalue weighted by Gasteiger charge is -2.27. The zero-order valence-electron chi connectivity index (χ0n) is 16.7. The molecule has 0 radical (unpaired) electrons. The van der Waals surface area contributed by atoms with Gasteiger partial charge in [-0.2, -0.15) is 0 Å². The van der Waals surface area contributed by atoms with Crippen molar-refractivity contribution in [2.24, 2.45) is 0 Å². The van der Waals surface area contributed by atoms with Crippen LogP contribution < -0.4 is 5.32 Å². The van der Waals surface area contributed by atoms with Gasteiger partial charge in [0.2, 0.25) is 0 Å². The van der Waals surface area contributed by atoms with Gasteiger partial charge in [0.25, 0.3) is 11.8 Å². The molecular formula is C22H29N3O2. The molecule has 3 rings (SSSR count). The number of benzene rings is 1. The molecule has 1 aliphatic heterocycles. The van der Waals surface area contributed by atoms with E-state index in [-0.39, 0.29) is 11.8 Å². The normalized spacial score (nSPS) is 14.5. The fourth-order valence-electron chi connectivity index (χ4n) is 4.04. The molecule has 0 saturated carbocycles. The maximum Gasteiger partial charge on any atom is 0.257 e. The lowest BCUT2D eigenvalue weighted by molar-refractivity contribution is 0.0725. The van der Waals surface area contributed by atoms with Crippen LogP contribution in [0.4, 0.5) is 5.69 Å². The Labute approximate surface area is 161 Å². The molecule has 1 N–H and O–H groups in total. The van der Waals surface area contributed by atoms with Gasteiger partial charge in [0.15, 0.2) is 0 Å². The van der Waals surface area contributed by atoms with Crippen LogP contribution in [0.1, 0.15) is 71.3 Å². The van der Waals surface area contributed by atoms with E-state index in [9.17, 15) is 9.59 Å². The molecule has 1 aromatic heterocycles. The van der Waals surface area contributed by atoms with Crippen molar-refractivity contribution in [3.63, 3.8) is 0 Å². The van der Waals surface area contributed by atoms with E-state index in [4.69, 9.17) is 0 Å². The second-order valence-corrected chi connectivity index (χ2v) is 7.60. The third-order valence-electron chi connectivity index (χ3n) is 5.29. The van der Waals surface area contributed by atoms with Crippen molar-refractivity contribution in [1.29, 1.82) is 0 Å². The monoisotopic (exact) mass is 367 g/mol. The van der Waals surface area contributed by atoms with E-state index in [1.807, 2.05) is 36.9 Å². The van der Waals surface area contributed by atoms with E-state index in [2.05, 4.69) is 23.7 Å². The first-order valence-corrected chi connectivity index (χ1v) is 9.78. The number of carbonyl (C=O) groups is 2. The fraction of sp³-hybridized carbons (Fsp3) is 0.455. The van der Waals surface area contributed by atoms with E-state index in [1.54, 1.807) is 12.1 Å². The number of nitrogens with zero attached hydrogens (tertiary/aromatic N) is 2. The van der Waals surface area contributed by atoms with Crippen molar-refractivity contribution in [2.75, 3.05) is 18.4 Å². The maximum atomic E-state index is 12.9. The lowest BCUT2D eigenvalue weighted by atomic mass is 10.1. The van der Waals surface area contributed by atoms with Gasteiger partial charge in [-0.1, -0.05) is 12.1 Å². The number of aryl methyl sites for hydroxylation is 1. The number of hydrogen-bond acceptors (Lipinski definition) is 2. The molecule has 1 saturated heterocycles. The molecule has 2 aromatic rings. The minimum Gasteiger partial charge on any atom is -0.346 e. The predicted molar refractivity (Wildman–Crippen MR) is 108 cm³/mol. The largest absolute Gasteiger partial charge is 0.346 e. The number of carbonyl (C=O) groups excluding carboxylic acids is 2. The van der Waals surface area contributed by atoms with Crippen LogP contribution in [-0.4, -0.2) is 34.4 Å². The molecule has 2 heterocycles. The quantitative estimate of drug-likeness (QED) is 0.861. The molecule has 1 aliphatic rings. The van der Waals surface area contributed by atoms with Crippen LogP contribution in [0.2, 0.25) is 0 Å². The van der Waals surface area contributed by atoms with Crippen molar-refractivity contribution < 1.29 is 9.59 Å². The number of hydrogen-bond donors (Lipinski definition) is 1. The van der Waals surface area contributed by atoms with Gasteiger partial charge in [0, 0.05) is 30.5 Å². The van der Waals surface area contributed by atoms with Gasteiger partial charge >= 0.3 is 0 Å². The van der Waals surface area contributed by atoms with Crippen LogP contribution in [0.25, 0.3) is 0 Å². The topological polar surface area (TPSA) is 54.3 Å². The van der Waals surface area contributed by atoms with Gasteiger partial charge in [0.1, 0.15) is 0 Å². The molecule has 0 unspecified atom stereocenters. The summed E-state index contributed by atoms with van der Waals surface area (Å²) in [7, 11) is 0. The highest BCUT2D eigenvalue weighted by molar-refractivity contribution is 6.09. The van der Waals surface area contributed by atoms with Crippen molar-refractivity contribution in [3.8, 4) is 0 Å². The molecular weight excluding hydrogens is 338 g/mol. The second kappa shape index (κ2) is 7.99. The molecule has 1 fully saturated rings. The smallest absolute Gasteiger partial charge is 0.257 e. The first-order valence-electron chi connectivity index (χ1n) is 9.78. The summed E-state index contributed by atoms with van der Waals surface area (Å²) in [5.74, 6) is -0.174. The molecule has 5 nitrogen and oxygen atoms in total. The van der Waals surface area contributed by atoms with E-state index in [0.29, 0.717) is 22.9 Å². The first-order chi connectivity index (χ1) is 12.9. The predicted octanol–water partition coefficient (Wildman–Crippen LogP) is 4.56. The number of piperidine rings is 1. The number of rotatable bonds is 4. The van der Waals surface area contributed by atoms with Crippen molar-refractivity contribution in [3.05, 3.63) is 52.8 Å². The zero-order chi connectivity index (χ0) is 19.6. The number of likely N-dealkylation sites (tertiary alicyclic amines) is 1. The Bertz CT molecular complexity index is 845. The summed E-state index contributed by atoms with van der Waals surface area (Å²) in [5.41, 5.74) is 3.80. The van der Waals surface area contributed by atoms with Crippen LogP contribution in [0.5, 0.6) is 0 Å². The summed E-state index contributed by atoms with van der Waals surface area (Å²) in [5, 5.41) is 2.97. The molecule has 5 heteroatoms. The summed E-state index contributed by atoms with van der Waals surface area (Å²) in [6.45, 7) is 9.76. The average Bonchev–Trinajstić information content (AvgIpc) is 2.97. The lowest BCUT2D eigenvalue weighted by Crippen LogP contribution is -2.36. The summed E-state index contributed by atoms with van der Waals surface area (Å²) < 4.78 is 2.15. The highest BCUT2D eigenvalue weighted by atomic mass is 16.2. The maximum absolute atomic E-state index is 12.9. The molecule has 0 aliphatic carbocycles. The van der Waals surface area contributed by atoms with Gasteiger partial charge < -0.3 is 14.8 Å². The minimum atomic E-state index is -0.172. The minimum absolute atomic E-state index is 0.00162. The summed E-state index contributed by atoms with van der Waals surface area (Å²) >= 11 is 0. The van der Waals surface area contributed by atoms with Crippen LogP contribution >= 0.6 is 0 Å². The second-order valence-electron chi connectivity index (χ2n) is 7.60. The summed E-state index contributed by atoms with van der Waals surface area (Å²) in [6.07, 6.45) is 3.26. The SMILES string of the molecule is Cc1cc(C(=O)Nc2ccccc2C(=O)N2CCCCC2)c(C)n1C(C)C. The van der Waals surface area contributed by atoms with Crippen molar-refractivity contribution in [2.45, 2.75) is 53.0 Å². The van der Waals surface area contributed by atoms with E-state index in [0.717, 1.165) is 37.3 Å². The van der Waals surface area contributed by atoms with Gasteiger partial charge in [-0.15, -0.1) is 0 Å². The summed E-state index contributed by atoms with van der Waals surface area (Å²) in [6, 6.07) is 9.50. The molecule has 2 amide bonds. The van der Waals surface area contributed by atoms with E-state index >= 15 is 0 Å². The fourth-order valence-corrected chi connectivity index (χ4v) is 4.04. The Morgan fingerprint density at radius 2 is 1.67 bits per heavy atom. The van der Waals surface area contributed by atoms with E-state index < -0.39 is 0 Å². The van der Waals surface area contributed by atoms with Crippen molar-refractivity contribution >= 4 is 17.5 Å².